The SMILES string of the molecule is CCCCCN1CCN(C(=O)Nc2ccc(N3CCC(C)CC3)cc2)CC1. The number of urea groups is 1. The molecule has 0 spiro atoms. The van der Waals surface area contributed by atoms with Crippen LogP contribution in [0.15, 0.2) is 24.3 Å². The number of amides is 2. The molecule has 5 heteroatoms. The molecule has 0 bridgehead atoms. The average Bonchev–Trinajstić information content (AvgIpc) is 2.70. The third-order valence-electron chi connectivity index (χ3n) is 6.00. The van der Waals surface area contributed by atoms with E-state index in [2.05, 4.69) is 41.1 Å². The molecule has 1 N–H and O–H groups in total. The van der Waals surface area contributed by atoms with Crippen LogP contribution in [-0.2, 0) is 0 Å². The van der Waals surface area contributed by atoms with Crippen LogP contribution in [-0.4, -0.2) is 61.6 Å². The maximum Gasteiger partial charge on any atom is 0.321 e. The minimum Gasteiger partial charge on any atom is -0.372 e. The Hall–Kier alpha value is -1.75. The lowest BCUT2D eigenvalue weighted by atomic mass is 9.99. The lowest BCUT2D eigenvalue weighted by Gasteiger charge is -2.34. The van der Waals surface area contributed by atoms with Gasteiger partial charge in [0, 0.05) is 50.6 Å². The van der Waals surface area contributed by atoms with Crippen molar-refractivity contribution in [2.75, 3.05) is 56.0 Å². The Labute approximate surface area is 164 Å². The molecule has 0 unspecified atom stereocenters. The second-order valence-electron chi connectivity index (χ2n) is 8.18. The molecule has 27 heavy (non-hydrogen) atoms. The summed E-state index contributed by atoms with van der Waals surface area (Å²) < 4.78 is 0. The highest BCUT2D eigenvalue weighted by Gasteiger charge is 2.21. The molecule has 1 aromatic rings. The Balaban J connectivity index is 1.43. The van der Waals surface area contributed by atoms with E-state index >= 15 is 0 Å². The minimum atomic E-state index is 0.0303. The number of nitrogens with zero attached hydrogens (tertiary/aromatic N) is 3. The standard InChI is InChI=1S/C22H36N4O/c1-3-4-5-12-24-15-17-26(18-16-24)22(27)23-20-6-8-21(9-7-20)25-13-10-19(2)11-14-25/h6-9,19H,3-5,10-18H2,1-2H3,(H,23,27). The van der Waals surface area contributed by atoms with Gasteiger partial charge in [-0.2, -0.15) is 0 Å². The summed E-state index contributed by atoms with van der Waals surface area (Å²) in [5.41, 5.74) is 2.15. The number of benzene rings is 1. The molecule has 5 nitrogen and oxygen atoms in total. The van der Waals surface area contributed by atoms with E-state index in [9.17, 15) is 4.79 Å². The zero-order chi connectivity index (χ0) is 19.1. The fraction of sp³-hybridized carbons (Fsp3) is 0.682. The number of unbranched alkanes of at least 4 members (excludes halogenated alkanes) is 2. The topological polar surface area (TPSA) is 38.8 Å². The minimum absolute atomic E-state index is 0.0303. The van der Waals surface area contributed by atoms with E-state index in [4.69, 9.17) is 0 Å². The predicted octanol–water partition coefficient (Wildman–Crippen LogP) is 4.26. The molecule has 0 aromatic heterocycles. The van der Waals surface area contributed by atoms with Crippen LogP contribution in [0.4, 0.5) is 16.2 Å². The maximum atomic E-state index is 12.5. The van der Waals surface area contributed by atoms with Gasteiger partial charge >= 0.3 is 6.03 Å². The number of piperidine rings is 1. The average molecular weight is 373 g/mol. The van der Waals surface area contributed by atoms with E-state index in [0.29, 0.717) is 0 Å². The van der Waals surface area contributed by atoms with Crippen LogP contribution < -0.4 is 10.2 Å². The van der Waals surface area contributed by atoms with Crippen molar-refractivity contribution in [3.05, 3.63) is 24.3 Å². The van der Waals surface area contributed by atoms with E-state index in [-0.39, 0.29) is 6.03 Å². The molecule has 2 fully saturated rings. The first kappa shape index (κ1) is 20.0. The number of carbonyl (C=O) groups is 1. The molecule has 2 heterocycles. The molecule has 0 radical (unpaired) electrons. The monoisotopic (exact) mass is 372 g/mol. The predicted molar refractivity (Wildman–Crippen MR) is 114 cm³/mol. The van der Waals surface area contributed by atoms with Gasteiger partial charge in [0.15, 0.2) is 0 Å². The highest BCUT2D eigenvalue weighted by molar-refractivity contribution is 5.89. The summed E-state index contributed by atoms with van der Waals surface area (Å²) in [6, 6.07) is 8.37. The van der Waals surface area contributed by atoms with Gasteiger partial charge in [-0.1, -0.05) is 26.7 Å². The number of carbonyl (C=O) groups excluding carboxylic acids is 1. The molecule has 2 amide bonds. The number of rotatable bonds is 6. The van der Waals surface area contributed by atoms with E-state index < -0.39 is 0 Å². The molecule has 0 saturated carbocycles. The molecule has 2 saturated heterocycles. The maximum absolute atomic E-state index is 12.5. The first-order valence-corrected chi connectivity index (χ1v) is 10.8. The van der Waals surface area contributed by atoms with Crippen molar-refractivity contribution in [2.24, 2.45) is 5.92 Å². The third kappa shape index (κ3) is 5.86. The second kappa shape index (κ2) is 9.98. The molecule has 0 aliphatic carbocycles. The van der Waals surface area contributed by atoms with E-state index in [1.165, 1.54) is 44.3 Å². The summed E-state index contributed by atoms with van der Waals surface area (Å²) in [4.78, 5) is 19.4. The third-order valence-corrected chi connectivity index (χ3v) is 6.00. The lowest BCUT2D eigenvalue weighted by Crippen LogP contribution is -2.50. The number of anilines is 2. The molecule has 1 aromatic carbocycles. The van der Waals surface area contributed by atoms with Gasteiger partial charge in [-0.15, -0.1) is 0 Å². The van der Waals surface area contributed by atoms with Gasteiger partial charge in [0.1, 0.15) is 0 Å². The summed E-state index contributed by atoms with van der Waals surface area (Å²) in [5.74, 6) is 0.840. The van der Waals surface area contributed by atoms with Gasteiger partial charge in [0.2, 0.25) is 0 Å². The fourth-order valence-electron chi connectivity index (χ4n) is 3.98. The molecule has 3 rings (SSSR count). The summed E-state index contributed by atoms with van der Waals surface area (Å²) >= 11 is 0. The van der Waals surface area contributed by atoms with Crippen LogP contribution in [0.25, 0.3) is 0 Å². The van der Waals surface area contributed by atoms with Gasteiger partial charge in [0.25, 0.3) is 0 Å². The van der Waals surface area contributed by atoms with Crippen LogP contribution in [0.3, 0.4) is 0 Å². The van der Waals surface area contributed by atoms with Gasteiger partial charge in [-0.05, 0) is 56.0 Å². The van der Waals surface area contributed by atoms with Crippen LogP contribution >= 0.6 is 0 Å². The van der Waals surface area contributed by atoms with Gasteiger partial charge < -0.3 is 15.1 Å². The van der Waals surface area contributed by atoms with E-state index in [0.717, 1.165) is 50.9 Å². The van der Waals surface area contributed by atoms with Crippen LogP contribution in [0.5, 0.6) is 0 Å². The van der Waals surface area contributed by atoms with Crippen molar-refractivity contribution in [3.63, 3.8) is 0 Å². The molecule has 150 valence electrons. The van der Waals surface area contributed by atoms with Crippen molar-refractivity contribution < 1.29 is 4.79 Å². The molecular weight excluding hydrogens is 336 g/mol. The van der Waals surface area contributed by atoms with E-state index in [1.54, 1.807) is 0 Å². The van der Waals surface area contributed by atoms with Crippen molar-refractivity contribution in [3.8, 4) is 0 Å². The summed E-state index contributed by atoms with van der Waals surface area (Å²) in [6.45, 7) is 11.6. The summed E-state index contributed by atoms with van der Waals surface area (Å²) in [5, 5.41) is 3.07. The van der Waals surface area contributed by atoms with Gasteiger partial charge in [-0.25, -0.2) is 4.79 Å². The van der Waals surface area contributed by atoms with Crippen LogP contribution in [0, 0.1) is 5.92 Å². The van der Waals surface area contributed by atoms with Crippen molar-refractivity contribution in [1.82, 2.24) is 9.80 Å². The van der Waals surface area contributed by atoms with Gasteiger partial charge in [-0.3, -0.25) is 4.90 Å². The second-order valence-corrected chi connectivity index (χ2v) is 8.18. The normalized spacial score (nSPS) is 19.3. The largest absolute Gasteiger partial charge is 0.372 e. The smallest absolute Gasteiger partial charge is 0.321 e. The Morgan fingerprint density at radius 3 is 2.30 bits per heavy atom. The Kier molecular flexibility index (Phi) is 7.39. The highest BCUT2D eigenvalue weighted by Crippen LogP contribution is 2.24. The first-order chi connectivity index (χ1) is 13.2. The fourth-order valence-corrected chi connectivity index (χ4v) is 3.98. The number of piperazine rings is 1. The van der Waals surface area contributed by atoms with Crippen LogP contribution in [0.2, 0.25) is 0 Å². The first-order valence-electron chi connectivity index (χ1n) is 10.8. The number of hydrogen-bond acceptors (Lipinski definition) is 3. The number of hydrogen-bond donors (Lipinski definition) is 1. The van der Waals surface area contributed by atoms with E-state index in [1.807, 2.05) is 17.0 Å². The van der Waals surface area contributed by atoms with Crippen molar-refractivity contribution in [1.29, 1.82) is 0 Å². The molecule has 2 aliphatic heterocycles. The summed E-state index contributed by atoms with van der Waals surface area (Å²) in [7, 11) is 0. The Morgan fingerprint density at radius 2 is 1.67 bits per heavy atom. The zero-order valence-electron chi connectivity index (χ0n) is 17.1. The Morgan fingerprint density at radius 1 is 1.00 bits per heavy atom. The van der Waals surface area contributed by atoms with Crippen LogP contribution in [0.1, 0.15) is 46.0 Å². The van der Waals surface area contributed by atoms with Crippen molar-refractivity contribution in [2.45, 2.75) is 46.0 Å². The summed E-state index contributed by atoms with van der Waals surface area (Å²) in [6.07, 6.45) is 6.36. The van der Waals surface area contributed by atoms with Gasteiger partial charge in [0.05, 0.1) is 0 Å². The molecule has 0 atom stereocenters. The zero-order valence-corrected chi connectivity index (χ0v) is 17.1. The van der Waals surface area contributed by atoms with Crippen molar-refractivity contribution >= 4 is 17.4 Å². The molecular formula is C22H36N4O. The quantitative estimate of drug-likeness (QED) is 0.758. The number of nitrogens with one attached hydrogen (secondary N) is 1. The Bertz CT molecular complexity index is 572. The lowest BCUT2D eigenvalue weighted by molar-refractivity contribution is 0.146. The molecule has 2 aliphatic rings. The highest BCUT2D eigenvalue weighted by atomic mass is 16.2.